The molecule has 1 saturated carbocycles. The Hall–Kier alpha value is -3.75. The highest BCUT2D eigenvalue weighted by Crippen LogP contribution is 2.32. The lowest BCUT2D eigenvalue weighted by Gasteiger charge is -2.39. The number of anilines is 1. The number of nitrogens with two attached hydrogens (primary N) is 1. The molecule has 0 aliphatic heterocycles. The zero-order valence-corrected chi connectivity index (χ0v) is 22.9. The van der Waals surface area contributed by atoms with Crippen molar-refractivity contribution in [3.63, 3.8) is 0 Å². The number of carbonyl (C=O) groups excluding carboxylic acids is 2. The number of benzene rings is 3. The summed E-state index contributed by atoms with van der Waals surface area (Å²) in [7, 11) is 3.08. The third kappa shape index (κ3) is 7.22. The SMILES string of the molecule is COc1ccc(C(=O)N(Cc2cc(NC(=O)COc3ccccc3)ccc2Cl)C2CCCCC2N)cc1OC. The molecule has 0 heterocycles. The standard InChI is InChI=1S/C30H34ClN3O5/c1-37-27-15-12-20(17-28(27)38-2)30(36)34(26-11-7-6-10-25(26)32)18-21-16-22(13-14-24(21)31)33-29(35)19-39-23-8-4-3-5-9-23/h3-5,8-9,12-17,25-26H,6-7,10-11,18-19,32H2,1-2H3,(H,33,35). The molecule has 3 aromatic rings. The molecule has 1 aliphatic carbocycles. The lowest BCUT2D eigenvalue weighted by Crippen LogP contribution is -2.51. The van der Waals surface area contributed by atoms with Crippen LogP contribution < -0.4 is 25.3 Å². The third-order valence-electron chi connectivity index (χ3n) is 6.86. The summed E-state index contributed by atoms with van der Waals surface area (Å²) in [4.78, 5) is 28.2. The summed E-state index contributed by atoms with van der Waals surface area (Å²) in [5.41, 5.74) is 8.24. The van der Waals surface area contributed by atoms with Gasteiger partial charge in [0.25, 0.3) is 11.8 Å². The van der Waals surface area contributed by atoms with Gasteiger partial charge in [0.2, 0.25) is 0 Å². The molecular weight excluding hydrogens is 518 g/mol. The van der Waals surface area contributed by atoms with Crippen molar-refractivity contribution in [2.45, 2.75) is 44.3 Å². The summed E-state index contributed by atoms with van der Waals surface area (Å²) in [5.74, 6) is 1.13. The van der Waals surface area contributed by atoms with Crippen molar-refractivity contribution < 1.29 is 23.8 Å². The number of carbonyl (C=O) groups is 2. The van der Waals surface area contributed by atoms with Gasteiger partial charge in [-0.05, 0) is 66.9 Å². The van der Waals surface area contributed by atoms with Gasteiger partial charge in [-0.2, -0.15) is 0 Å². The van der Waals surface area contributed by atoms with Crippen LogP contribution in [0.4, 0.5) is 5.69 Å². The first-order valence-electron chi connectivity index (χ1n) is 12.9. The average Bonchev–Trinajstić information content (AvgIpc) is 2.96. The molecule has 2 atom stereocenters. The zero-order valence-electron chi connectivity index (χ0n) is 22.2. The second-order valence-electron chi connectivity index (χ2n) is 9.47. The Labute approximate surface area is 234 Å². The Morgan fingerprint density at radius 2 is 1.72 bits per heavy atom. The van der Waals surface area contributed by atoms with Crippen LogP contribution in [0.1, 0.15) is 41.6 Å². The van der Waals surface area contributed by atoms with E-state index in [-0.39, 0.29) is 37.0 Å². The number of hydrogen-bond acceptors (Lipinski definition) is 6. The van der Waals surface area contributed by atoms with Gasteiger partial charge in [0.05, 0.1) is 14.2 Å². The maximum atomic E-state index is 13.9. The number of methoxy groups -OCH3 is 2. The van der Waals surface area contributed by atoms with E-state index < -0.39 is 0 Å². The predicted molar refractivity (Wildman–Crippen MR) is 152 cm³/mol. The molecule has 4 rings (SSSR count). The van der Waals surface area contributed by atoms with Gasteiger partial charge in [0.15, 0.2) is 18.1 Å². The fourth-order valence-corrected chi connectivity index (χ4v) is 5.00. The number of rotatable bonds is 10. The van der Waals surface area contributed by atoms with Crippen LogP contribution >= 0.6 is 11.6 Å². The second kappa shape index (κ2) is 13.4. The molecule has 1 fully saturated rings. The van der Waals surface area contributed by atoms with Crippen molar-refractivity contribution in [2.75, 3.05) is 26.1 Å². The summed E-state index contributed by atoms with van der Waals surface area (Å²) in [6.07, 6.45) is 3.65. The fourth-order valence-electron chi connectivity index (χ4n) is 4.82. The molecule has 2 unspecified atom stereocenters. The monoisotopic (exact) mass is 551 g/mol. The van der Waals surface area contributed by atoms with E-state index in [2.05, 4.69) is 5.32 Å². The normalized spacial score (nSPS) is 16.7. The largest absolute Gasteiger partial charge is 0.493 e. The highest BCUT2D eigenvalue weighted by Gasteiger charge is 2.32. The lowest BCUT2D eigenvalue weighted by molar-refractivity contribution is -0.118. The van der Waals surface area contributed by atoms with E-state index in [0.717, 1.165) is 25.7 Å². The van der Waals surface area contributed by atoms with E-state index in [9.17, 15) is 9.59 Å². The molecule has 0 spiro atoms. The van der Waals surface area contributed by atoms with Gasteiger partial charge in [-0.15, -0.1) is 0 Å². The minimum absolute atomic E-state index is 0.136. The number of hydrogen-bond donors (Lipinski definition) is 2. The number of ether oxygens (including phenoxy) is 3. The van der Waals surface area contributed by atoms with Gasteiger partial charge in [-0.1, -0.05) is 42.6 Å². The van der Waals surface area contributed by atoms with E-state index >= 15 is 0 Å². The summed E-state index contributed by atoms with van der Waals surface area (Å²) >= 11 is 6.59. The smallest absolute Gasteiger partial charge is 0.262 e. The Kier molecular flexibility index (Phi) is 9.68. The molecule has 2 amide bonds. The number of nitrogens with one attached hydrogen (secondary N) is 1. The van der Waals surface area contributed by atoms with Gasteiger partial charge >= 0.3 is 0 Å². The first kappa shape index (κ1) is 28.3. The average molecular weight is 552 g/mol. The molecule has 206 valence electrons. The molecule has 0 bridgehead atoms. The Bertz CT molecular complexity index is 1290. The Balaban J connectivity index is 1.55. The van der Waals surface area contributed by atoms with Crippen molar-refractivity contribution in [3.05, 3.63) is 82.9 Å². The van der Waals surface area contributed by atoms with Crippen LogP contribution in [0.2, 0.25) is 5.02 Å². The maximum Gasteiger partial charge on any atom is 0.262 e. The minimum atomic E-state index is -0.306. The number of amides is 2. The molecule has 3 aromatic carbocycles. The molecule has 0 aromatic heterocycles. The molecule has 1 aliphatic rings. The molecule has 3 N–H and O–H groups in total. The van der Waals surface area contributed by atoms with Crippen molar-refractivity contribution in [1.29, 1.82) is 0 Å². The number of halogens is 1. The highest BCUT2D eigenvalue weighted by atomic mass is 35.5. The van der Waals surface area contributed by atoms with Gasteiger partial charge < -0.3 is 30.2 Å². The van der Waals surface area contributed by atoms with E-state index in [1.165, 1.54) is 7.11 Å². The van der Waals surface area contributed by atoms with Gasteiger partial charge in [-0.25, -0.2) is 0 Å². The second-order valence-corrected chi connectivity index (χ2v) is 9.88. The summed E-state index contributed by atoms with van der Waals surface area (Å²) in [6.45, 7) is 0.0947. The van der Waals surface area contributed by atoms with Crippen LogP contribution in [0, 0.1) is 0 Å². The van der Waals surface area contributed by atoms with Crippen molar-refractivity contribution in [2.24, 2.45) is 5.73 Å². The third-order valence-corrected chi connectivity index (χ3v) is 7.23. The number of nitrogens with zero attached hydrogens (tertiary/aromatic N) is 1. The van der Waals surface area contributed by atoms with E-state index in [1.54, 1.807) is 60.5 Å². The summed E-state index contributed by atoms with van der Waals surface area (Å²) in [5, 5.41) is 3.34. The van der Waals surface area contributed by atoms with Crippen LogP contribution in [0.3, 0.4) is 0 Å². The number of para-hydroxylation sites is 1. The fraction of sp³-hybridized carbons (Fsp3) is 0.333. The van der Waals surface area contributed by atoms with Crippen LogP contribution in [0.15, 0.2) is 66.7 Å². The topological polar surface area (TPSA) is 103 Å². The molecule has 0 radical (unpaired) electrons. The lowest BCUT2D eigenvalue weighted by atomic mass is 9.89. The van der Waals surface area contributed by atoms with Crippen LogP contribution in [-0.2, 0) is 11.3 Å². The summed E-state index contributed by atoms with van der Waals surface area (Å²) in [6, 6.07) is 19.1. The van der Waals surface area contributed by atoms with Crippen molar-refractivity contribution in [1.82, 2.24) is 4.90 Å². The maximum absolute atomic E-state index is 13.9. The molecule has 8 nitrogen and oxygen atoms in total. The molecule has 39 heavy (non-hydrogen) atoms. The highest BCUT2D eigenvalue weighted by molar-refractivity contribution is 6.31. The molecular formula is C30H34ClN3O5. The first-order chi connectivity index (χ1) is 18.9. The van der Waals surface area contributed by atoms with Crippen LogP contribution in [-0.4, -0.2) is 49.6 Å². The molecule has 0 saturated heterocycles. The zero-order chi connectivity index (χ0) is 27.8. The quantitative estimate of drug-likeness (QED) is 0.355. The van der Waals surface area contributed by atoms with Crippen LogP contribution in [0.5, 0.6) is 17.2 Å². The van der Waals surface area contributed by atoms with E-state index in [0.29, 0.717) is 39.1 Å². The van der Waals surface area contributed by atoms with Gasteiger partial charge in [0, 0.05) is 34.9 Å². The first-order valence-corrected chi connectivity index (χ1v) is 13.3. The minimum Gasteiger partial charge on any atom is -0.493 e. The Morgan fingerprint density at radius 3 is 2.44 bits per heavy atom. The molecule has 9 heteroatoms. The van der Waals surface area contributed by atoms with E-state index in [4.69, 9.17) is 31.5 Å². The predicted octanol–water partition coefficient (Wildman–Crippen LogP) is 5.29. The van der Waals surface area contributed by atoms with Crippen molar-refractivity contribution in [3.8, 4) is 17.2 Å². The van der Waals surface area contributed by atoms with Crippen LogP contribution in [0.25, 0.3) is 0 Å². The van der Waals surface area contributed by atoms with Gasteiger partial charge in [-0.3, -0.25) is 9.59 Å². The van der Waals surface area contributed by atoms with E-state index in [1.807, 2.05) is 18.2 Å². The summed E-state index contributed by atoms with van der Waals surface area (Å²) < 4.78 is 16.3. The van der Waals surface area contributed by atoms with Gasteiger partial charge in [0.1, 0.15) is 5.75 Å². The van der Waals surface area contributed by atoms with Crippen molar-refractivity contribution >= 4 is 29.1 Å². The Morgan fingerprint density at radius 1 is 0.974 bits per heavy atom.